The van der Waals surface area contributed by atoms with E-state index in [1.54, 1.807) is 20.4 Å². The molecule has 0 radical (unpaired) electrons. The largest absolute Gasteiger partial charge is 0.481 e. The maximum Gasteiger partial charge on any atom is 0.218 e. The van der Waals surface area contributed by atoms with Crippen molar-refractivity contribution in [2.45, 2.75) is 12.5 Å². The van der Waals surface area contributed by atoms with Gasteiger partial charge in [-0.25, -0.2) is 4.98 Å². The predicted octanol–water partition coefficient (Wildman–Crippen LogP) is 4.21. The van der Waals surface area contributed by atoms with Crippen molar-refractivity contribution in [2.24, 2.45) is 4.99 Å². The number of hydrogen-bond donors (Lipinski definition) is 2. The van der Waals surface area contributed by atoms with E-state index in [9.17, 15) is 0 Å². The number of nitrogens with one attached hydrogen (secondary N) is 2. The van der Waals surface area contributed by atoms with Crippen LogP contribution in [0, 0.1) is 0 Å². The lowest BCUT2D eigenvalue weighted by molar-refractivity contribution is 0.392. The van der Waals surface area contributed by atoms with Crippen LogP contribution in [0.5, 0.6) is 5.88 Å². The highest BCUT2D eigenvalue weighted by molar-refractivity contribution is 14.0. The molecule has 0 fully saturated rings. The Balaban J connectivity index is 0.00000300. The lowest BCUT2D eigenvalue weighted by Gasteiger charge is -2.21. The number of nitrogens with zero attached hydrogens (tertiary/aromatic N) is 2. The SMILES string of the molecule is CN=C(NCc1cccnc1OC)NCC(c1ccccc1)c1ccccc1.I. The van der Waals surface area contributed by atoms with Gasteiger partial charge in [-0.05, 0) is 17.2 Å². The molecule has 1 aromatic heterocycles. The number of halogens is 1. The fraction of sp³-hybridized carbons (Fsp3) is 0.217. The Morgan fingerprint density at radius 1 is 0.931 bits per heavy atom. The molecule has 0 unspecified atom stereocenters. The molecule has 0 aliphatic rings. The van der Waals surface area contributed by atoms with E-state index in [4.69, 9.17) is 4.74 Å². The van der Waals surface area contributed by atoms with Crippen LogP contribution in [0.3, 0.4) is 0 Å². The quantitative estimate of drug-likeness (QED) is 0.289. The Labute approximate surface area is 189 Å². The molecule has 1 heterocycles. The van der Waals surface area contributed by atoms with Crippen molar-refractivity contribution >= 4 is 29.9 Å². The van der Waals surface area contributed by atoms with Crippen LogP contribution in [0.4, 0.5) is 0 Å². The molecule has 6 heteroatoms. The van der Waals surface area contributed by atoms with Crippen molar-refractivity contribution < 1.29 is 4.74 Å². The van der Waals surface area contributed by atoms with Gasteiger partial charge in [-0.15, -0.1) is 24.0 Å². The molecule has 152 valence electrons. The third-order valence-electron chi connectivity index (χ3n) is 4.59. The van der Waals surface area contributed by atoms with E-state index in [1.807, 2.05) is 24.3 Å². The van der Waals surface area contributed by atoms with Crippen molar-refractivity contribution in [3.63, 3.8) is 0 Å². The topological polar surface area (TPSA) is 58.5 Å². The first-order valence-corrected chi connectivity index (χ1v) is 9.34. The minimum Gasteiger partial charge on any atom is -0.481 e. The summed E-state index contributed by atoms with van der Waals surface area (Å²) in [6, 6.07) is 24.9. The van der Waals surface area contributed by atoms with E-state index in [-0.39, 0.29) is 29.9 Å². The molecular formula is C23H27IN4O. The van der Waals surface area contributed by atoms with Gasteiger partial charge in [-0.3, -0.25) is 4.99 Å². The van der Waals surface area contributed by atoms with Crippen LogP contribution >= 0.6 is 24.0 Å². The fourth-order valence-corrected chi connectivity index (χ4v) is 3.14. The highest BCUT2D eigenvalue weighted by atomic mass is 127. The molecule has 29 heavy (non-hydrogen) atoms. The Morgan fingerprint density at radius 2 is 1.55 bits per heavy atom. The standard InChI is InChI=1S/C23H26N4O.HI/c1-24-23(26-16-20-14-9-15-25-22(20)28-2)27-17-21(18-10-5-3-6-11-18)19-12-7-4-8-13-19;/h3-15,21H,16-17H2,1-2H3,(H2,24,26,27);1H. The molecule has 0 aliphatic heterocycles. The molecule has 0 bridgehead atoms. The summed E-state index contributed by atoms with van der Waals surface area (Å²) < 4.78 is 5.31. The van der Waals surface area contributed by atoms with Crippen molar-refractivity contribution in [2.75, 3.05) is 20.7 Å². The van der Waals surface area contributed by atoms with Crippen LogP contribution in [-0.4, -0.2) is 31.6 Å². The molecule has 0 saturated carbocycles. The number of methoxy groups -OCH3 is 1. The van der Waals surface area contributed by atoms with E-state index in [0.717, 1.165) is 18.1 Å². The maximum atomic E-state index is 5.31. The zero-order chi connectivity index (χ0) is 19.6. The lowest BCUT2D eigenvalue weighted by atomic mass is 9.91. The first-order valence-electron chi connectivity index (χ1n) is 9.34. The Hall–Kier alpha value is -2.61. The predicted molar refractivity (Wildman–Crippen MR) is 129 cm³/mol. The van der Waals surface area contributed by atoms with Gasteiger partial charge >= 0.3 is 0 Å². The minimum atomic E-state index is 0. The van der Waals surface area contributed by atoms with E-state index < -0.39 is 0 Å². The first-order chi connectivity index (χ1) is 13.8. The van der Waals surface area contributed by atoms with E-state index in [0.29, 0.717) is 12.4 Å². The number of rotatable bonds is 7. The van der Waals surface area contributed by atoms with Crippen molar-refractivity contribution in [3.05, 3.63) is 95.7 Å². The van der Waals surface area contributed by atoms with Crippen LogP contribution < -0.4 is 15.4 Å². The lowest BCUT2D eigenvalue weighted by Crippen LogP contribution is -2.39. The molecule has 0 amide bonds. The van der Waals surface area contributed by atoms with Gasteiger partial charge in [0, 0.05) is 37.8 Å². The Morgan fingerprint density at radius 3 is 2.10 bits per heavy atom. The van der Waals surface area contributed by atoms with Crippen molar-refractivity contribution in [1.29, 1.82) is 0 Å². The zero-order valence-electron chi connectivity index (χ0n) is 16.7. The average molecular weight is 502 g/mol. The molecular weight excluding hydrogens is 475 g/mol. The molecule has 0 aliphatic carbocycles. The van der Waals surface area contributed by atoms with Crippen LogP contribution in [0.25, 0.3) is 0 Å². The molecule has 3 rings (SSSR count). The molecule has 2 N–H and O–H groups in total. The molecule has 0 atom stereocenters. The third kappa shape index (κ3) is 6.45. The maximum absolute atomic E-state index is 5.31. The summed E-state index contributed by atoms with van der Waals surface area (Å²) in [5.41, 5.74) is 3.52. The Bertz CT molecular complexity index is 848. The summed E-state index contributed by atoms with van der Waals surface area (Å²) in [5, 5.41) is 6.79. The normalized spacial score (nSPS) is 10.9. The van der Waals surface area contributed by atoms with Crippen molar-refractivity contribution in [3.8, 4) is 5.88 Å². The number of aromatic nitrogens is 1. The van der Waals surface area contributed by atoms with Gasteiger partial charge in [0.25, 0.3) is 0 Å². The van der Waals surface area contributed by atoms with Crippen LogP contribution in [0.15, 0.2) is 84.0 Å². The van der Waals surface area contributed by atoms with Gasteiger partial charge in [0.1, 0.15) is 0 Å². The summed E-state index contributed by atoms with van der Waals surface area (Å²) >= 11 is 0. The number of pyridine rings is 1. The van der Waals surface area contributed by atoms with Crippen LogP contribution in [0.2, 0.25) is 0 Å². The van der Waals surface area contributed by atoms with Gasteiger partial charge in [-0.2, -0.15) is 0 Å². The smallest absolute Gasteiger partial charge is 0.218 e. The van der Waals surface area contributed by atoms with Gasteiger partial charge in [0.15, 0.2) is 5.96 Å². The molecule has 0 saturated heterocycles. The van der Waals surface area contributed by atoms with Crippen LogP contribution in [-0.2, 0) is 6.54 Å². The number of benzene rings is 2. The second-order valence-corrected chi connectivity index (χ2v) is 6.35. The number of aliphatic imine (C=N–C) groups is 1. The molecule has 5 nitrogen and oxygen atoms in total. The highest BCUT2D eigenvalue weighted by Gasteiger charge is 2.14. The van der Waals surface area contributed by atoms with E-state index in [2.05, 4.69) is 69.1 Å². The monoisotopic (exact) mass is 502 g/mol. The third-order valence-corrected chi connectivity index (χ3v) is 4.59. The molecule has 3 aromatic rings. The summed E-state index contributed by atoms with van der Waals surface area (Å²) in [6.07, 6.45) is 1.72. The van der Waals surface area contributed by atoms with Crippen LogP contribution in [0.1, 0.15) is 22.6 Å². The van der Waals surface area contributed by atoms with Gasteiger partial charge < -0.3 is 15.4 Å². The molecule has 2 aromatic carbocycles. The highest BCUT2D eigenvalue weighted by Crippen LogP contribution is 2.23. The second-order valence-electron chi connectivity index (χ2n) is 6.35. The number of guanidine groups is 1. The zero-order valence-corrected chi connectivity index (χ0v) is 19.0. The van der Waals surface area contributed by atoms with E-state index >= 15 is 0 Å². The number of ether oxygens (including phenoxy) is 1. The second kappa shape index (κ2) is 12.1. The van der Waals surface area contributed by atoms with Gasteiger partial charge in [0.05, 0.1) is 7.11 Å². The van der Waals surface area contributed by atoms with Gasteiger partial charge in [-0.1, -0.05) is 66.7 Å². The Kier molecular flexibility index (Phi) is 9.43. The summed E-state index contributed by atoms with van der Waals surface area (Å²) in [7, 11) is 3.40. The van der Waals surface area contributed by atoms with E-state index in [1.165, 1.54) is 11.1 Å². The molecule has 0 spiro atoms. The summed E-state index contributed by atoms with van der Waals surface area (Å²) in [6.45, 7) is 1.32. The number of hydrogen-bond acceptors (Lipinski definition) is 3. The first kappa shape index (κ1) is 22.7. The summed E-state index contributed by atoms with van der Waals surface area (Å²) in [5.74, 6) is 1.59. The van der Waals surface area contributed by atoms with Gasteiger partial charge in [0.2, 0.25) is 5.88 Å². The summed E-state index contributed by atoms with van der Waals surface area (Å²) in [4.78, 5) is 8.58. The van der Waals surface area contributed by atoms with Crippen molar-refractivity contribution in [1.82, 2.24) is 15.6 Å². The average Bonchev–Trinajstić information content (AvgIpc) is 2.77. The minimum absolute atomic E-state index is 0. The fourth-order valence-electron chi connectivity index (χ4n) is 3.14.